The maximum absolute atomic E-state index is 12.5. The summed E-state index contributed by atoms with van der Waals surface area (Å²) in [5.41, 5.74) is 0.766. The number of nitrogens with one attached hydrogen (secondary N) is 2. The normalized spacial score (nSPS) is 11.0. The summed E-state index contributed by atoms with van der Waals surface area (Å²) in [6.07, 6.45) is 0. The Labute approximate surface area is 188 Å². The van der Waals surface area contributed by atoms with Gasteiger partial charge in [0.1, 0.15) is 5.75 Å². The Hall–Kier alpha value is -2.45. The molecule has 0 aliphatic heterocycles. The Morgan fingerprint density at radius 2 is 1.63 bits per heavy atom. The lowest BCUT2D eigenvalue weighted by Gasteiger charge is -2.12. The van der Waals surface area contributed by atoms with Crippen LogP contribution < -0.4 is 14.8 Å². The van der Waals surface area contributed by atoms with Crippen molar-refractivity contribution in [3.05, 3.63) is 81.8 Å². The molecule has 30 heavy (non-hydrogen) atoms. The van der Waals surface area contributed by atoms with E-state index in [4.69, 9.17) is 39.5 Å². The van der Waals surface area contributed by atoms with Crippen LogP contribution in [0.3, 0.4) is 0 Å². The van der Waals surface area contributed by atoms with E-state index in [1.54, 1.807) is 42.5 Å². The van der Waals surface area contributed by atoms with Gasteiger partial charge in [0.15, 0.2) is 6.61 Å². The molecule has 0 bridgehead atoms. The Morgan fingerprint density at radius 3 is 2.33 bits per heavy atom. The average Bonchev–Trinajstić information content (AvgIpc) is 2.70. The first-order valence-electron chi connectivity index (χ1n) is 8.50. The molecule has 6 nitrogen and oxygen atoms in total. The molecule has 0 atom stereocenters. The number of carbonyl (C=O) groups is 1. The van der Waals surface area contributed by atoms with Crippen molar-refractivity contribution in [1.82, 2.24) is 0 Å². The summed E-state index contributed by atoms with van der Waals surface area (Å²) < 4.78 is 32.8. The zero-order valence-electron chi connectivity index (χ0n) is 15.2. The molecule has 0 radical (unpaired) electrons. The number of hydrogen-bond acceptors (Lipinski definition) is 4. The van der Waals surface area contributed by atoms with Crippen molar-refractivity contribution >= 4 is 62.1 Å². The SMILES string of the molecule is O=C(COc1ccc(S(=O)(=O)Nc2ccccc2)cc1Cl)Nc1cc(Cl)ccc1Cl. The highest BCUT2D eigenvalue weighted by Gasteiger charge is 2.17. The summed E-state index contributed by atoms with van der Waals surface area (Å²) in [5.74, 6) is -0.333. The van der Waals surface area contributed by atoms with Gasteiger partial charge in [0.05, 0.1) is 20.6 Å². The third-order valence-corrected chi connectivity index (χ3v) is 6.04. The van der Waals surface area contributed by atoms with E-state index in [9.17, 15) is 13.2 Å². The topological polar surface area (TPSA) is 84.5 Å². The predicted molar refractivity (Wildman–Crippen MR) is 119 cm³/mol. The number of ether oxygens (including phenoxy) is 1. The first-order chi connectivity index (χ1) is 14.2. The van der Waals surface area contributed by atoms with Gasteiger partial charge in [-0.05, 0) is 48.5 Å². The van der Waals surface area contributed by atoms with Crippen LogP contribution in [-0.4, -0.2) is 20.9 Å². The van der Waals surface area contributed by atoms with Gasteiger partial charge in [-0.2, -0.15) is 0 Å². The van der Waals surface area contributed by atoms with Crippen molar-refractivity contribution in [3.8, 4) is 5.75 Å². The van der Waals surface area contributed by atoms with Gasteiger partial charge in [-0.3, -0.25) is 9.52 Å². The van der Waals surface area contributed by atoms with Crippen LogP contribution in [0.15, 0.2) is 71.6 Å². The highest BCUT2D eigenvalue weighted by molar-refractivity contribution is 7.92. The lowest BCUT2D eigenvalue weighted by molar-refractivity contribution is -0.118. The molecule has 2 N–H and O–H groups in total. The van der Waals surface area contributed by atoms with E-state index in [1.165, 1.54) is 24.3 Å². The van der Waals surface area contributed by atoms with Crippen LogP contribution >= 0.6 is 34.8 Å². The van der Waals surface area contributed by atoms with Crippen LogP contribution in [0.1, 0.15) is 0 Å². The third kappa shape index (κ3) is 5.79. The minimum absolute atomic E-state index is 0.0412. The third-order valence-electron chi connectivity index (χ3n) is 3.80. The maximum atomic E-state index is 12.5. The van der Waals surface area contributed by atoms with Gasteiger partial charge in [-0.15, -0.1) is 0 Å². The van der Waals surface area contributed by atoms with Crippen molar-refractivity contribution in [2.24, 2.45) is 0 Å². The second-order valence-corrected chi connectivity index (χ2v) is 8.96. The van der Waals surface area contributed by atoms with E-state index >= 15 is 0 Å². The molecule has 3 aromatic rings. The zero-order valence-corrected chi connectivity index (χ0v) is 18.3. The van der Waals surface area contributed by atoms with Gasteiger partial charge in [-0.1, -0.05) is 53.0 Å². The van der Waals surface area contributed by atoms with Crippen molar-refractivity contribution in [1.29, 1.82) is 0 Å². The minimum Gasteiger partial charge on any atom is -0.482 e. The predicted octanol–water partition coefficient (Wildman–Crippen LogP) is 5.47. The number of benzene rings is 3. The van der Waals surface area contributed by atoms with Crippen LogP contribution in [0.5, 0.6) is 5.75 Å². The molecule has 0 aliphatic rings. The van der Waals surface area contributed by atoms with Crippen LogP contribution in [0.2, 0.25) is 15.1 Å². The van der Waals surface area contributed by atoms with Crippen LogP contribution in [0.25, 0.3) is 0 Å². The molecular formula is C20H15Cl3N2O4S. The molecule has 0 fully saturated rings. The standard InChI is InChI=1S/C20H15Cl3N2O4S/c21-13-6-8-16(22)18(10-13)24-20(26)12-29-19-9-7-15(11-17(19)23)30(27,28)25-14-4-2-1-3-5-14/h1-11,25H,12H2,(H,24,26). The number of carbonyl (C=O) groups excluding carboxylic acids is 1. The van der Waals surface area contributed by atoms with Crippen molar-refractivity contribution in [2.75, 3.05) is 16.6 Å². The molecule has 1 amide bonds. The van der Waals surface area contributed by atoms with Crippen LogP contribution in [-0.2, 0) is 14.8 Å². The fraction of sp³-hybridized carbons (Fsp3) is 0.0500. The van der Waals surface area contributed by atoms with Crippen LogP contribution in [0.4, 0.5) is 11.4 Å². The van der Waals surface area contributed by atoms with E-state index in [0.29, 0.717) is 21.4 Å². The molecule has 0 saturated carbocycles. The zero-order chi connectivity index (χ0) is 21.7. The van der Waals surface area contributed by atoms with E-state index in [1.807, 2.05) is 0 Å². The number of rotatable bonds is 7. The summed E-state index contributed by atoms with van der Waals surface area (Å²) in [5, 5.41) is 3.36. The summed E-state index contributed by atoms with van der Waals surface area (Å²) in [4.78, 5) is 12.1. The second kappa shape index (κ2) is 9.57. The summed E-state index contributed by atoms with van der Waals surface area (Å²) in [6.45, 7) is -0.364. The van der Waals surface area contributed by atoms with E-state index in [-0.39, 0.29) is 22.3 Å². The maximum Gasteiger partial charge on any atom is 0.262 e. The number of halogens is 3. The number of sulfonamides is 1. The largest absolute Gasteiger partial charge is 0.482 e. The molecule has 3 aromatic carbocycles. The second-order valence-electron chi connectivity index (χ2n) is 6.02. The number of para-hydroxylation sites is 1. The molecule has 0 aliphatic carbocycles. The van der Waals surface area contributed by atoms with Crippen LogP contribution in [0, 0.1) is 0 Å². The molecule has 10 heteroatoms. The number of hydrogen-bond donors (Lipinski definition) is 2. The van der Waals surface area contributed by atoms with E-state index < -0.39 is 15.9 Å². The Morgan fingerprint density at radius 1 is 0.900 bits per heavy atom. The average molecular weight is 486 g/mol. The van der Waals surface area contributed by atoms with Crippen molar-refractivity contribution < 1.29 is 17.9 Å². The van der Waals surface area contributed by atoms with Gasteiger partial charge in [0.2, 0.25) is 0 Å². The monoisotopic (exact) mass is 484 g/mol. The Balaban J connectivity index is 1.65. The first kappa shape index (κ1) is 22.2. The Kier molecular flexibility index (Phi) is 7.10. The molecule has 3 rings (SSSR count). The van der Waals surface area contributed by atoms with Gasteiger partial charge in [0, 0.05) is 10.7 Å². The number of amides is 1. The summed E-state index contributed by atoms with van der Waals surface area (Å²) in [7, 11) is -3.83. The van der Waals surface area contributed by atoms with Gasteiger partial charge in [-0.25, -0.2) is 8.42 Å². The number of anilines is 2. The lowest BCUT2D eigenvalue weighted by atomic mass is 10.3. The van der Waals surface area contributed by atoms with Gasteiger partial charge < -0.3 is 10.1 Å². The van der Waals surface area contributed by atoms with Crippen molar-refractivity contribution in [2.45, 2.75) is 4.90 Å². The highest BCUT2D eigenvalue weighted by Crippen LogP contribution is 2.29. The first-order valence-corrected chi connectivity index (χ1v) is 11.1. The minimum atomic E-state index is -3.83. The van der Waals surface area contributed by atoms with Gasteiger partial charge >= 0.3 is 0 Å². The molecule has 0 spiro atoms. The van der Waals surface area contributed by atoms with Crippen molar-refractivity contribution in [3.63, 3.8) is 0 Å². The smallest absolute Gasteiger partial charge is 0.262 e. The molecule has 156 valence electrons. The summed E-state index contributed by atoms with van der Waals surface area (Å²) in [6, 6.07) is 17.1. The molecule has 0 heterocycles. The fourth-order valence-electron chi connectivity index (χ4n) is 2.41. The molecule has 0 unspecified atom stereocenters. The molecular weight excluding hydrogens is 471 g/mol. The van der Waals surface area contributed by atoms with E-state index in [2.05, 4.69) is 10.0 Å². The van der Waals surface area contributed by atoms with E-state index in [0.717, 1.165) is 0 Å². The lowest BCUT2D eigenvalue weighted by Crippen LogP contribution is -2.20. The quantitative estimate of drug-likeness (QED) is 0.465. The molecule has 0 saturated heterocycles. The summed E-state index contributed by atoms with van der Waals surface area (Å²) >= 11 is 18.0. The fourth-order valence-corrected chi connectivity index (χ4v) is 4.13. The van der Waals surface area contributed by atoms with Gasteiger partial charge in [0.25, 0.3) is 15.9 Å². The Bertz CT molecular complexity index is 1170. The molecule has 0 aromatic heterocycles. The highest BCUT2D eigenvalue weighted by atomic mass is 35.5.